The van der Waals surface area contributed by atoms with E-state index in [-0.39, 0.29) is 11.6 Å². The van der Waals surface area contributed by atoms with Gasteiger partial charge in [-0.3, -0.25) is 9.59 Å². The number of benzene rings is 3. The highest BCUT2D eigenvalue weighted by Gasteiger charge is 2.14. The summed E-state index contributed by atoms with van der Waals surface area (Å²) in [6, 6.07) is 24.4. The van der Waals surface area contributed by atoms with Crippen molar-refractivity contribution in [1.29, 1.82) is 0 Å². The third kappa shape index (κ3) is 7.30. The Bertz CT molecular complexity index is 1200. The molecule has 0 aliphatic carbocycles. The van der Waals surface area contributed by atoms with E-state index >= 15 is 0 Å². The number of hydrazone groups is 1. The molecule has 36 heavy (non-hydrogen) atoms. The van der Waals surface area contributed by atoms with Crippen LogP contribution in [0.3, 0.4) is 0 Å². The minimum Gasteiger partial charge on any atom is -0.378 e. The number of amides is 2. The van der Waals surface area contributed by atoms with E-state index in [2.05, 4.69) is 34.6 Å². The van der Waals surface area contributed by atoms with Gasteiger partial charge in [0.05, 0.1) is 6.21 Å². The van der Waals surface area contributed by atoms with Crippen LogP contribution < -0.4 is 20.5 Å². The molecule has 0 fully saturated rings. The summed E-state index contributed by atoms with van der Waals surface area (Å²) in [5.41, 5.74) is 6.86. The Balaban J connectivity index is 1.76. The smallest absolute Gasteiger partial charge is 0.287 e. The Hall–Kier alpha value is -4.39. The minimum atomic E-state index is -0.521. The summed E-state index contributed by atoms with van der Waals surface area (Å²) in [7, 11) is 3.91. The number of hydrogen-bond acceptors (Lipinski definition) is 5. The van der Waals surface area contributed by atoms with Crippen LogP contribution in [0.15, 0.2) is 89.7 Å². The molecule has 0 aliphatic rings. The van der Waals surface area contributed by atoms with E-state index < -0.39 is 5.91 Å². The average molecular weight is 484 g/mol. The average Bonchev–Trinajstić information content (AvgIpc) is 2.90. The summed E-state index contributed by atoms with van der Waals surface area (Å²) >= 11 is 0. The second-order valence-electron chi connectivity index (χ2n) is 8.33. The Kier molecular flexibility index (Phi) is 9.40. The van der Waals surface area contributed by atoms with Crippen LogP contribution in [0.1, 0.15) is 35.3 Å². The number of nitrogens with one attached hydrogen (secondary N) is 2. The molecule has 0 radical (unpaired) electrons. The van der Waals surface area contributed by atoms with Crippen LogP contribution >= 0.6 is 0 Å². The zero-order valence-corrected chi connectivity index (χ0v) is 21.2. The topological polar surface area (TPSA) is 77.0 Å². The first kappa shape index (κ1) is 26.2. The lowest BCUT2D eigenvalue weighted by molar-refractivity contribution is -0.117. The second kappa shape index (κ2) is 12.9. The summed E-state index contributed by atoms with van der Waals surface area (Å²) in [5.74, 6) is -0.898. The van der Waals surface area contributed by atoms with Gasteiger partial charge < -0.3 is 15.1 Å². The van der Waals surface area contributed by atoms with Crippen molar-refractivity contribution >= 4 is 35.5 Å². The van der Waals surface area contributed by atoms with Crippen molar-refractivity contribution in [2.45, 2.75) is 13.8 Å². The molecule has 0 saturated carbocycles. The van der Waals surface area contributed by atoms with E-state index in [9.17, 15) is 9.59 Å². The summed E-state index contributed by atoms with van der Waals surface area (Å²) in [6.07, 6.45) is 3.20. The van der Waals surface area contributed by atoms with Crippen LogP contribution in [0.5, 0.6) is 0 Å². The molecule has 0 spiro atoms. The van der Waals surface area contributed by atoms with Crippen molar-refractivity contribution in [1.82, 2.24) is 10.7 Å². The van der Waals surface area contributed by atoms with Crippen molar-refractivity contribution in [2.75, 3.05) is 37.0 Å². The van der Waals surface area contributed by atoms with E-state index in [1.54, 1.807) is 36.6 Å². The first-order chi connectivity index (χ1) is 17.4. The van der Waals surface area contributed by atoms with Gasteiger partial charge >= 0.3 is 0 Å². The Morgan fingerprint density at radius 3 is 1.97 bits per heavy atom. The molecular weight excluding hydrogens is 450 g/mol. The van der Waals surface area contributed by atoms with Crippen molar-refractivity contribution in [3.63, 3.8) is 0 Å². The number of hydrogen-bond donors (Lipinski definition) is 2. The molecule has 0 heterocycles. The highest BCUT2D eigenvalue weighted by molar-refractivity contribution is 6.05. The summed E-state index contributed by atoms with van der Waals surface area (Å²) in [4.78, 5) is 30.0. The molecule has 7 nitrogen and oxygen atoms in total. The van der Waals surface area contributed by atoms with E-state index in [1.165, 1.54) is 0 Å². The quantitative estimate of drug-likeness (QED) is 0.253. The molecule has 3 aromatic carbocycles. The first-order valence-electron chi connectivity index (χ1n) is 11.9. The Morgan fingerprint density at radius 2 is 1.39 bits per heavy atom. The van der Waals surface area contributed by atoms with Crippen LogP contribution in [0.25, 0.3) is 6.08 Å². The van der Waals surface area contributed by atoms with Gasteiger partial charge in [-0.05, 0) is 67.4 Å². The van der Waals surface area contributed by atoms with Gasteiger partial charge in [-0.2, -0.15) is 5.10 Å². The molecule has 0 aliphatic heterocycles. The van der Waals surface area contributed by atoms with Crippen LogP contribution in [0.2, 0.25) is 0 Å². The maximum Gasteiger partial charge on any atom is 0.287 e. The maximum absolute atomic E-state index is 13.0. The number of rotatable bonds is 10. The fourth-order valence-electron chi connectivity index (χ4n) is 3.56. The van der Waals surface area contributed by atoms with Gasteiger partial charge in [-0.15, -0.1) is 0 Å². The van der Waals surface area contributed by atoms with E-state index in [0.717, 1.165) is 35.6 Å². The van der Waals surface area contributed by atoms with Crippen molar-refractivity contribution in [3.05, 3.63) is 101 Å². The summed E-state index contributed by atoms with van der Waals surface area (Å²) in [6.45, 7) is 6.10. The molecule has 2 N–H and O–H groups in total. The SMILES string of the molecule is CCN(CC)c1ccc(/C=N\NC(=O)/C(=C/c2ccc(N(C)C)cc2)NC(=O)c2ccccc2)cc1. The zero-order chi connectivity index (χ0) is 25.9. The standard InChI is InChI=1S/C29H33N5O2/c1-5-34(6-2)26-18-14-23(15-19-26)21-30-32-29(36)27(31-28(35)24-10-8-7-9-11-24)20-22-12-16-25(17-13-22)33(3)4/h7-21H,5-6H2,1-4H3,(H,31,35)(H,32,36)/b27-20-,30-21-. The highest BCUT2D eigenvalue weighted by atomic mass is 16.2. The summed E-state index contributed by atoms with van der Waals surface area (Å²) < 4.78 is 0. The van der Waals surface area contributed by atoms with Crippen LogP contribution in [-0.4, -0.2) is 45.2 Å². The van der Waals surface area contributed by atoms with Crippen LogP contribution in [0, 0.1) is 0 Å². The number of carbonyl (C=O) groups excluding carboxylic acids is 2. The molecule has 0 bridgehead atoms. The molecule has 0 atom stereocenters. The lowest BCUT2D eigenvalue weighted by Crippen LogP contribution is -2.32. The lowest BCUT2D eigenvalue weighted by atomic mass is 10.1. The first-order valence-corrected chi connectivity index (χ1v) is 11.9. The monoisotopic (exact) mass is 483 g/mol. The fraction of sp³-hybridized carbons (Fsp3) is 0.207. The van der Waals surface area contributed by atoms with Crippen molar-refractivity contribution < 1.29 is 9.59 Å². The predicted octanol–water partition coefficient (Wildman–Crippen LogP) is 4.52. The zero-order valence-electron chi connectivity index (χ0n) is 21.2. The molecule has 3 aromatic rings. The van der Waals surface area contributed by atoms with Crippen molar-refractivity contribution in [3.8, 4) is 0 Å². The molecular formula is C29H33N5O2. The van der Waals surface area contributed by atoms with Gasteiger partial charge in [0.2, 0.25) is 0 Å². The molecule has 0 unspecified atom stereocenters. The second-order valence-corrected chi connectivity index (χ2v) is 8.33. The molecule has 186 valence electrons. The molecule has 0 saturated heterocycles. The van der Waals surface area contributed by atoms with Gasteiger partial charge in [0.15, 0.2) is 0 Å². The van der Waals surface area contributed by atoms with Crippen molar-refractivity contribution in [2.24, 2.45) is 5.10 Å². The third-order valence-corrected chi connectivity index (χ3v) is 5.65. The van der Waals surface area contributed by atoms with Gasteiger partial charge in [0.1, 0.15) is 5.70 Å². The lowest BCUT2D eigenvalue weighted by Gasteiger charge is -2.20. The Labute approximate surface area is 213 Å². The summed E-state index contributed by atoms with van der Waals surface area (Å²) in [5, 5.41) is 6.82. The van der Waals surface area contributed by atoms with E-state index in [4.69, 9.17) is 0 Å². The number of nitrogens with zero attached hydrogens (tertiary/aromatic N) is 3. The van der Waals surface area contributed by atoms with Gasteiger partial charge in [0.25, 0.3) is 11.8 Å². The minimum absolute atomic E-state index is 0.0930. The van der Waals surface area contributed by atoms with Gasteiger partial charge in [-0.1, -0.05) is 42.5 Å². The van der Waals surface area contributed by atoms with E-state index in [0.29, 0.717) is 5.56 Å². The fourth-order valence-corrected chi connectivity index (χ4v) is 3.56. The normalized spacial score (nSPS) is 11.3. The maximum atomic E-state index is 13.0. The number of carbonyl (C=O) groups is 2. The Morgan fingerprint density at radius 1 is 0.806 bits per heavy atom. The molecule has 0 aromatic heterocycles. The van der Waals surface area contributed by atoms with Crippen LogP contribution in [-0.2, 0) is 4.79 Å². The van der Waals surface area contributed by atoms with Gasteiger partial charge in [-0.25, -0.2) is 5.43 Å². The van der Waals surface area contributed by atoms with Gasteiger partial charge in [0, 0.05) is 44.1 Å². The third-order valence-electron chi connectivity index (χ3n) is 5.65. The van der Waals surface area contributed by atoms with Crippen LogP contribution in [0.4, 0.5) is 11.4 Å². The molecule has 7 heteroatoms. The molecule has 2 amide bonds. The van der Waals surface area contributed by atoms with E-state index in [1.807, 2.05) is 73.6 Å². The highest BCUT2D eigenvalue weighted by Crippen LogP contribution is 2.15. The number of anilines is 2. The largest absolute Gasteiger partial charge is 0.378 e. The predicted molar refractivity (Wildman–Crippen MR) is 148 cm³/mol. The molecule has 3 rings (SSSR count).